The average molecular weight is 303 g/mol. The van der Waals surface area contributed by atoms with Gasteiger partial charge in [-0.25, -0.2) is 4.79 Å². The Morgan fingerprint density at radius 3 is 2.45 bits per heavy atom. The molecule has 0 unspecified atom stereocenters. The van der Waals surface area contributed by atoms with Crippen molar-refractivity contribution in [3.63, 3.8) is 0 Å². The van der Waals surface area contributed by atoms with Crippen LogP contribution in [0.4, 0.5) is 10.5 Å². The maximum Gasteiger partial charge on any atom is 0.319 e. The highest BCUT2D eigenvalue weighted by atomic mass is 16.2. The van der Waals surface area contributed by atoms with E-state index < -0.39 is 0 Å². The number of hydrogen-bond acceptors (Lipinski definition) is 2. The Morgan fingerprint density at radius 1 is 1.09 bits per heavy atom. The highest BCUT2D eigenvalue weighted by Crippen LogP contribution is 2.19. The van der Waals surface area contributed by atoms with E-state index in [0.717, 1.165) is 25.7 Å². The van der Waals surface area contributed by atoms with Crippen molar-refractivity contribution in [3.8, 4) is 0 Å². The normalized spacial score (nSPS) is 13.5. The molecule has 1 fully saturated rings. The Morgan fingerprint density at radius 2 is 1.82 bits per heavy atom. The molecule has 1 aliphatic carbocycles. The minimum atomic E-state index is -0.202. The molecule has 1 aliphatic rings. The molecule has 5 heteroatoms. The smallest absolute Gasteiger partial charge is 0.319 e. The molecular weight excluding hydrogens is 278 g/mol. The van der Waals surface area contributed by atoms with Crippen molar-refractivity contribution in [1.82, 2.24) is 10.6 Å². The van der Waals surface area contributed by atoms with E-state index in [9.17, 15) is 9.59 Å². The van der Waals surface area contributed by atoms with Gasteiger partial charge in [-0.2, -0.15) is 0 Å². The molecule has 5 nitrogen and oxygen atoms in total. The predicted molar refractivity (Wildman–Crippen MR) is 88.1 cm³/mol. The molecule has 0 spiro atoms. The predicted octanol–water partition coefficient (Wildman–Crippen LogP) is 3.28. The van der Waals surface area contributed by atoms with Crippen molar-refractivity contribution >= 4 is 17.6 Å². The number of anilines is 1. The first-order valence-electron chi connectivity index (χ1n) is 8.15. The minimum Gasteiger partial charge on any atom is -0.349 e. The van der Waals surface area contributed by atoms with Gasteiger partial charge in [0.05, 0.1) is 0 Å². The first-order valence-corrected chi connectivity index (χ1v) is 8.15. The highest BCUT2D eigenvalue weighted by molar-refractivity contribution is 5.95. The Bertz CT molecular complexity index is 495. The van der Waals surface area contributed by atoms with E-state index >= 15 is 0 Å². The zero-order chi connectivity index (χ0) is 15.8. The quantitative estimate of drug-likeness (QED) is 0.645. The van der Waals surface area contributed by atoms with Crippen LogP contribution < -0.4 is 16.0 Å². The van der Waals surface area contributed by atoms with E-state index in [4.69, 9.17) is 0 Å². The molecule has 1 aromatic rings. The van der Waals surface area contributed by atoms with Crippen molar-refractivity contribution in [2.75, 3.05) is 11.9 Å². The van der Waals surface area contributed by atoms with Crippen LogP contribution in [-0.2, 0) is 0 Å². The summed E-state index contributed by atoms with van der Waals surface area (Å²) in [6, 6.07) is 7.11. The molecule has 0 aliphatic heterocycles. The van der Waals surface area contributed by atoms with Crippen molar-refractivity contribution in [2.24, 2.45) is 0 Å². The van der Waals surface area contributed by atoms with Gasteiger partial charge in [-0.05, 0) is 43.5 Å². The number of hydrogen-bond donors (Lipinski definition) is 3. The molecule has 0 radical (unpaired) electrons. The molecule has 0 aromatic heterocycles. The van der Waals surface area contributed by atoms with Crippen LogP contribution in [0.15, 0.2) is 24.3 Å². The first kappa shape index (κ1) is 16.3. The molecule has 0 bridgehead atoms. The van der Waals surface area contributed by atoms with E-state index in [-0.39, 0.29) is 11.9 Å². The number of urea groups is 1. The number of rotatable bonds is 8. The Hall–Kier alpha value is -2.04. The van der Waals surface area contributed by atoms with Crippen molar-refractivity contribution in [2.45, 2.75) is 51.5 Å². The molecule has 120 valence electrons. The second kappa shape index (κ2) is 8.41. The summed E-state index contributed by atoms with van der Waals surface area (Å²) in [6.07, 6.45) is 6.68. The van der Waals surface area contributed by atoms with Gasteiger partial charge >= 0.3 is 6.03 Å². The molecule has 3 amide bonds. The van der Waals surface area contributed by atoms with Gasteiger partial charge in [0.1, 0.15) is 0 Å². The molecular formula is C17H25N3O2. The van der Waals surface area contributed by atoms with Gasteiger partial charge < -0.3 is 16.0 Å². The second-order valence-electron chi connectivity index (χ2n) is 5.77. The lowest BCUT2D eigenvalue weighted by molar-refractivity contribution is 0.0951. The van der Waals surface area contributed by atoms with E-state index in [1.165, 1.54) is 12.8 Å². The fourth-order valence-corrected chi connectivity index (χ4v) is 2.13. The van der Waals surface area contributed by atoms with E-state index in [1.54, 1.807) is 24.3 Å². The molecule has 1 saturated carbocycles. The maximum absolute atomic E-state index is 11.8. The molecule has 1 aromatic carbocycles. The molecule has 0 atom stereocenters. The lowest BCUT2D eigenvalue weighted by atomic mass is 10.2. The minimum absolute atomic E-state index is 0.0468. The zero-order valence-electron chi connectivity index (χ0n) is 13.2. The van der Waals surface area contributed by atoms with Gasteiger partial charge in [0.25, 0.3) is 5.91 Å². The van der Waals surface area contributed by atoms with Crippen LogP contribution in [0.3, 0.4) is 0 Å². The number of unbranched alkanes of at least 4 members (excludes halogenated alkanes) is 3. The monoisotopic (exact) mass is 303 g/mol. The van der Waals surface area contributed by atoms with Crippen LogP contribution >= 0.6 is 0 Å². The number of carbonyl (C=O) groups is 2. The van der Waals surface area contributed by atoms with Crippen LogP contribution in [0.2, 0.25) is 0 Å². The molecule has 2 rings (SSSR count). The average Bonchev–Trinajstić information content (AvgIpc) is 3.31. The fourth-order valence-electron chi connectivity index (χ4n) is 2.13. The lowest BCUT2D eigenvalue weighted by Crippen LogP contribution is -2.29. The van der Waals surface area contributed by atoms with Crippen molar-refractivity contribution in [3.05, 3.63) is 29.8 Å². The summed E-state index contributed by atoms with van der Waals surface area (Å²) in [5, 5.41) is 8.54. The van der Waals surface area contributed by atoms with Gasteiger partial charge in [0.15, 0.2) is 0 Å². The van der Waals surface area contributed by atoms with Gasteiger partial charge in [-0.3, -0.25) is 4.79 Å². The van der Waals surface area contributed by atoms with Crippen molar-refractivity contribution in [1.29, 1.82) is 0 Å². The Balaban J connectivity index is 1.70. The summed E-state index contributed by atoms with van der Waals surface area (Å²) in [5.41, 5.74) is 1.31. The standard InChI is InChI=1S/C17H25N3O2/c1-2-3-4-5-12-18-17(22)20-15-8-6-13(7-9-15)16(21)19-14-10-11-14/h6-9,14H,2-5,10-12H2,1H3,(H,19,21)(H2,18,20,22). The number of amides is 3. The van der Waals surface area contributed by atoms with Crippen LogP contribution in [0, 0.1) is 0 Å². The van der Waals surface area contributed by atoms with E-state index in [0.29, 0.717) is 23.8 Å². The Labute approximate surface area is 131 Å². The molecule has 22 heavy (non-hydrogen) atoms. The molecule has 0 saturated heterocycles. The summed E-state index contributed by atoms with van der Waals surface area (Å²) in [7, 11) is 0. The van der Waals surface area contributed by atoms with Crippen LogP contribution in [0.1, 0.15) is 55.8 Å². The fraction of sp³-hybridized carbons (Fsp3) is 0.529. The summed E-state index contributed by atoms with van der Waals surface area (Å²) in [6.45, 7) is 2.85. The van der Waals surface area contributed by atoms with Crippen molar-refractivity contribution < 1.29 is 9.59 Å². The summed E-state index contributed by atoms with van der Waals surface area (Å²) < 4.78 is 0. The van der Waals surface area contributed by atoms with E-state index in [1.807, 2.05) is 0 Å². The van der Waals surface area contributed by atoms with E-state index in [2.05, 4.69) is 22.9 Å². The SMILES string of the molecule is CCCCCCNC(=O)Nc1ccc(C(=O)NC2CC2)cc1. The molecule has 3 N–H and O–H groups in total. The Kier molecular flexibility index (Phi) is 6.25. The van der Waals surface area contributed by atoms with Gasteiger partial charge in [0, 0.05) is 23.8 Å². The number of carbonyl (C=O) groups excluding carboxylic acids is 2. The third-order valence-electron chi connectivity index (χ3n) is 3.63. The largest absolute Gasteiger partial charge is 0.349 e. The van der Waals surface area contributed by atoms with Gasteiger partial charge in [0.2, 0.25) is 0 Å². The summed E-state index contributed by atoms with van der Waals surface area (Å²) in [4.78, 5) is 23.6. The highest BCUT2D eigenvalue weighted by Gasteiger charge is 2.23. The summed E-state index contributed by atoms with van der Waals surface area (Å²) in [5.74, 6) is -0.0468. The molecule has 0 heterocycles. The van der Waals surface area contributed by atoms with Crippen LogP contribution in [0.5, 0.6) is 0 Å². The van der Waals surface area contributed by atoms with Gasteiger partial charge in [-0.1, -0.05) is 26.2 Å². The third-order valence-corrected chi connectivity index (χ3v) is 3.63. The lowest BCUT2D eigenvalue weighted by Gasteiger charge is -2.08. The maximum atomic E-state index is 11.8. The number of nitrogens with one attached hydrogen (secondary N) is 3. The van der Waals surface area contributed by atoms with Crippen LogP contribution in [0.25, 0.3) is 0 Å². The number of benzene rings is 1. The van der Waals surface area contributed by atoms with Crippen LogP contribution in [-0.4, -0.2) is 24.5 Å². The first-order chi connectivity index (χ1) is 10.7. The second-order valence-corrected chi connectivity index (χ2v) is 5.77. The van der Waals surface area contributed by atoms with Gasteiger partial charge in [-0.15, -0.1) is 0 Å². The zero-order valence-corrected chi connectivity index (χ0v) is 13.2. The summed E-state index contributed by atoms with van der Waals surface area (Å²) >= 11 is 0. The third kappa shape index (κ3) is 5.76. The topological polar surface area (TPSA) is 70.2 Å².